The second-order valence-corrected chi connectivity index (χ2v) is 9.97. The molecule has 10 heteroatoms. The number of anilines is 3. The second-order valence-electron chi connectivity index (χ2n) is 9.97. The number of para-hydroxylation sites is 1. The van der Waals surface area contributed by atoms with E-state index in [1.165, 1.54) is 18.6 Å². The standard InChI is InChI=1S/C27H30F2N6O2/c1-15(2)31-21-7-8-22(25(18(21)12-30-3)34-13-16-11-17(16)14-34)32-27(37)23-9-10-24(36)35(33-23)26-19(28)5-4-6-20(26)29/h4-10,15-17,30-31H,11-14H2,1-3H3,(H,32,37). The lowest BCUT2D eigenvalue weighted by Gasteiger charge is -2.29. The van der Waals surface area contributed by atoms with Gasteiger partial charge in [0.2, 0.25) is 0 Å². The van der Waals surface area contributed by atoms with E-state index in [0.29, 0.717) is 28.7 Å². The van der Waals surface area contributed by atoms with Crippen molar-refractivity contribution < 1.29 is 13.6 Å². The predicted molar refractivity (Wildman–Crippen MR) is 139 cm³/mol. The van der Waals surface area contributed by atoms with Crippen LogP contribution >= 0.6 is 0 Å². The maximum Gasteiger partial charge on any atom is 0.276 e. The van der Waals surface area contributed by atoms with Crippen LogP contribution in [0.2, 0.25) is 0 Å². The first-order valence-electron chi connectivity index (χ1n) is 12.4. The highest BCUT2D eigenvalue weighted by molar-refractivity contribution is 6.05. The third kappa shape index (κ3) is 4.93. The summed E-state index contributed by atoms with van der Waals surface area (Å²) in [5.74, 6) is -1.14. The molecule has 194 valence electrons. The molecule has 2 aromatic carbocycles. The summed E-state index contributed by atoms with van der Waals surface area (Å²) in [6.07, 6.45) is 1.24. The van der Waals surface area contributed by atoms with Crippen LogP contribution in [-0.4, -0.2) is 41.9 Å². The second kappa shape index (κ2) is 9.93. The third-order valence-electron chi connectivity index (χ3n) is 6.81. The van der Waals surface area contributed by atoms with E-state index in [0.717, 1.165) is 48.2 Å². The van der Waals surface area contributed by atoms with Gasteiger partial charge in [-0.2, -0.15) is 9.78 Å². The number of hydrogen-bond donors (Lipinski definition) is 3. The minimum absolute atomic E-state index is 0.142. The van der Waals surface area contributed by atoms with E-state index >= 15 is 0 Å². The highest BCUT2D eigenvalue weighted by Crippen LogP contribution is 2.49. The highest BCUT2D eigenvalue weighted by atomic mass is 19.1. The van der Waals surface area contributed by atoms with Crippen LogP contribution in [0.4, 0.5) is 25.8 Å². The normalized spacial score (nSPS) is 18.2. The SMILES string of the molecule is CNCc1c(NC(C)C)ccc(NC(=O)c2ccc(=O)n(-c3c(F)cccc3F)n2)c1N1CC2CC2C1. The Balaban J connectivity index is 1.52. The van der Waals surface area contributed by atoms with Crippen molar-refractivity contribution >= 4 is 23.0 Å². The maximum absolute atomic E-state index is 14.3. The summed E-state index contributed by atoms with van der Waals surface area (Å²) in [5.41, 5.74) is 2.06. The largest absolute Gasteiger partial charge is 0.383 e. The molecule has 5 rings (SSSR count). The Morgan fingerprint density at radius 3 is 2.35 bits per heavy atom. The molecule has 1 amide bonds. The Kier molecular flexibility index (Phi) is 6.68. The van der Waals surface area contributed by atoms with Gasteiger partial charge in [-0.25, -0.2) is 8.78 Å². The van der Waals surface area contributed by atoms with Gasteiger partial charge in [0.25, 0.3) is 11.5 Å². The number of halogens is 2. The van der Waals surface area contributed by atoms with Gasteiger partial charge in [0.05, 0.1) is 11.4 Å². The quantitative estimate of drug-likeness (QED) is 0.429. The van der Waals surface area contributed by atoms with Crippen LogP contribution in [0.5, 0.6) is 0 Å². The van der Waals surface area contributed by atoms with Gasteiger partial charge < -0.3 is 20.9 Å². The van der Waals surface area contributed by atoms with Gasteiger partial charge in [0.15, 0.2) is 11.6 Å². The summed E-state index contributed by atoms with van der Waals surface area (Å²) in [7, 11) is 1.88. The molecule has 37 heavy (non-hydrogen) atoms. The first-order chi connectivity index (χ1) is 17.8. The van der Waals surface area contributed by atoms with Crippen molar-refractivity contribution in [3.63, 3.8) is 0 Å². The molecule has 2 heterocycles. The molecule has 3 N–H and O–H groups in total. The van der Waals surface area contributed by atoms with Crippen LogP contribution in [0.15, 0.2) is 47.3 Å². The van der Waals surface area contributed by atoms with E-state index in [1.54, 1.807) is 0 Å². The average Bonchev–Trinajstić information content (AvgIpc) is 3.46. The van der Waals surface area contributed by atoms with Crippen LogP contribution in [0.3, 0.4) is 0 Å². The number of piperidine rings is 1. The summed E-state index contributed by atoms with van der Waals surface area (Å²) in [6, 6.07) is 9.59. The minimum atomic E-state index is -0.952. The minimum Gasteiger partial charge on any atom is -0.383 e. The van der Waals surface area contributed by atoms with Crippen LogP contribution in [0.1, 0.15) is 36.3 Å². The average molecular weight is 509 g/mol. The van der Waals surface area contributed by atoms with Crippen LogP contribution in [0.25, 0.3) is 5.69 Å². The fourth-order valence-electron chi connectivity index (χ4n) is 5.05. The zero-order valence-electron chi connectivity index (χ0n) is 21.0. The van der Waals surface area contributed by atoms with Crippen molar-refractivity contribution in [2.24, 2.45) is 11.8 Å². The Morgan fingerprint density at radius 2 is 1.70 bits per heavy atom. The number of aromatic nitrogens is 2. The molecule has 8 nitrogen and oxygen atoms in total. The summed E-state index contributed by atoms with van der Waals surface area (Å²) < 4.78 is 29.3. The monoisotopic (exact) mass is 508 g/mol. The van der Waals surface area contributed by atoms with Crippen molar-refractivity contribution in [3.05, 3.63) is 75.7 Å². The van der Waals surface area contributed by atoms with Crippen LogP contribution in [-0.2, 0) is 6.54 Å². The molecule has 1 aliphatic heterocycles. The Labute approximate surface area is 213 Å². The molecule has 1 aliphatic carbocycles. The highest BCUT2D eigenvalue weighted by Gasteiger charge is 2.46. The number of benzene rings is 2. The number of rotatable bonds is 8. The molecule has 2 unspecified atom stereocenters. The lowest BCUT2D eigenvalue weighted by molar-refractivity contribution is 0.102. The van der Waals surface area contributed by atoms with Gasteiger partial charge >= 0.3 is 0 Å². The van der Waals surface area contributed by atoms with Crippen molar-refractivity contribution in [1.82, 2.24) is 15.1 Å². The molecule has 2 fully saturated rings. The van der Waals surface area contributed by atoms with Gasteiger partial charge in [-0.15, -0.1) is 0 Å². The molecule has 2 atom stereocenters. The van der Waals surface area contributed by atoms with Crippen molar-refractivity contribution in [2.45, 2.75) is 32.9 Å². The number of fused-ring (bicyclic) bond motifs is 1. The fourth-order valence-corrected chi connectivity index (χ4v) is 5.05. The van der Waals surface area contributed by atoms with E-state index in [4.69, 9.17) is 0 Å². The number of nitrogens with zero attached hydrogens (tertiary/aromatic N) is 3. The Bertz CT molecular complexity index is 1380. The zero-order chi connectivity index (χ0) is 26.3. The fraction of sp³-hybridized carbons (Fsp3) is 0.370. The van der Waals surface area contributed by atoms with E-state index in [2.05, 4.69) is 39.8 Å². The predicted octanol–water partition coefficient (Wildman–Crippen LogP) is 3.76. The number of nitrogens with one attached hydrogen (secondary N) is 3. The number of amides is 1. The molecule has 3 aromatic rings. The molecule has 2 aliphatic rings. The Morgan fingerprint density at radius 1 is 1.03 bits per heavy atom. The van der Waals surface area contributed by atoms with Crippen molar-refractivity contribution in [1.29, 1.82) is 0 Å². The lowest BCUT2D eigenvalue weighted by Crippen LogP contribution is -2.29. The Hall–Kier alpha value is -3.79. The molecular weight excluding hydrogens is 478 g/mol. The van der Waals surface area contributed by atoms with E-state index < -0.39 is 28.8 Å². The van der Waals surface area contributed by atoms with E-state index in [9.17, 15) is 18.4 Å². The number of carbonyl (C=O) groups excluding carboxylic acids is 1. The summed E-state index contributed by atoms with van der Waals surface area (Å²) in [5, 5.41) is 13.7. The third-order valence-corrected chi connectivity index (χ3v) is 6.81. The first kappa shape index (κ1) is 24.9. The van der Waals surface area contributed by atoms with E-state index in [1.807, 2.05) is 19.2 Å². The zero-order valence-corrected chi connectivity index (χ0v) is 21.0. The smallest absolute Gasteiger partial charge is 0.276 e. The topological polar surface area (TPSA) is 91.3 Å². The van der Waals surface area contributed by atoms with Crippen molar-refractivity contribution in [3.8, 4) is 5.69 Å². The summed E-state index contributed by atoms with van der Waals surface area (Å²) in [4.78, 5) is 28.0. The van der Waals surface area contributed by atoms with Crippen LogP contribution < -0.4 is 26.4 Å². The number of carbonyl (C=O) groups is 1. The molecule has 0 bridgehead atoms. The van der Waals surface area contributed by atoms with Gasteiger partial charge in [-0.05, 0) is 69.5 Å². The summed E-state index contributed by atoms with van der Waals surface area (Å²) in [6.45, 7) is 6.58. The molecule has 1 saturated heterocycles. The molecule has 0 spiro atoms. The first-order valence-corrected chi connectivity index (χ1v) is 12.4. The molecule has 1 aromatic heterocycles. The summed E-state index contributed by atoms with van der Waals surface area (Å²) >= 11 is 0. The maximum atomic E-state index is 14.3. The van der Waals surface area contributed by atoms with E-state index in [-0.39, 0.29) is 11.7 Å². The number of hydrogen-bond acceptors (Lipinski definition) is 6. The van der Waals surface area contributed by atoms with Crippen LogP contribution in [0, 0.1) is 23.5 Å². The van der Waals surface area contributed by atoms with Gasteiger partial charge in [-0.1, -0.05) is 6.07 Å². The molecular formula is C27H30F2N6O2. The van der Waals surface area contributed by atoms with Crippen molar-refractivity contribution in [2.75, 3.05) is 35.7 Å². The lowest BCUT2D eigenvalue weighted by atomic mass is 10.1. The molecule has 0 radical (unpaired) electrons. The van der Waals surface area contributed by atoms with Gasteiger partial charge in [-0.3, -0.25) is 9.59 Å². The van der Waals surface area contributed by atoms with Gasteiger partial charge in [0.1, 0.15) is 11.4 Å². The van der Waals surface area contributed by atoms with Gasteiger partial charge in [0, 0.05) is 43.0 Å². The molecule has 1 saturated carbocycles.